The number of aliphatic hydroxyl groups is 2. The molecule has 0 spiro atoms. The summed E-state index contributed by atoms with van der Waals surface area (Å²) in [4.78, 5) is 11.7. The number of ether oxygens (including phenoxy) is 5. The molecule has 1 aliphatic rings. The van der Waals surface area contributed by atoms with Gasteiger partial charge in [-0.3, -0.25) is 4.79 Å². The number of rotatable bonds is 14. The van der Waals surface area contributed by atoms with Crippen molar-refractivity contribution in [2.24, 2.45) is 5.92 Å². The summed E-state index contributed by atoms with van der Waals surface area (Å²) in [7, 11) is 1.39. The molecule has 1 saturated heterocycles. The number of unbranched alkanes of at least 4 members (excludes halogenated alkanes) is 1. The van der Waals surface area contributed by atoms with E-state index < -0.39 is 24.6 Å². The molecule has 1 fully saturated rings. The van der Waals surface area contributed by atoms with Crippen molar-refractivity contribution in [3.8, 4) is 0 Å². The van der Waals surface area contributed by atoms with Crippen LogP contribution in [0.2, 0.25) is 0 Å². The van der Waals surface area contributed by atoms with Crippen LogP contribution < -0.4 is 5.32 Å². The largest absolute Gasteiger partial charge is 0.390 e. The van der Waals surface area contributed by atoms with Crippen molar-refractivity contribution in [1.29, 1.82) is 0 Å². The van der Waals surface area contributed by atoms with Crippen LogP contribution in [0.15, 0.2) is 0 Å². The fourth-order valence-corrected chi connectivity index (χ4v) is 2.60. The lowest BCUT2D eigenvalue weighted by atomic mass is 9.91. The van der Waals surface area contributed by atoms with E-state index in [0.717, 1.165) is 19.4 Å². The van der Waals surface area contributed by atoms with E-state index in [9.17, 15) is 15.0 Å². The average molecular weight is 393 g/mol. The van der Waals surface area contributed by atoms with Crippen molar-refractivity contribution in [3.63, 3.8) is 0 Å². The Kier molecular flexibility index (Phi) is 12.8. The summed E-state index contributed by atoms with van der Waals surface area (Å²) in [5.41, 5.74) is 0. The van der Waals surface area contributed by atoms with Gasteiger partial charge in [0.15, 0.2) is 6.29 Å². The van der Waals surface area contributed by atoms with Crippen molar-refractivity contribution in [2.45, 2.75) is 51.3 Å². The zero-order valence-electron chi connectivity index (χ0n) is 16.6. The van der Waals surface area contributed by atoms with Crippen LogP contribution in [0.3, 0.4) is 0 Å². The highest BCUT2D eigenvalue weighted by Crippen LogP contribution is 2.26. The number of carbonyl (C=O) groups excluding carboxylic acids is 1. The molecule has 3 N–H and O–H groups in total. The Morgan fingerprint density at radius 1 is 1.07 bits per heavy atom. The molecule has 0 saturated carbocycles. The highest BCUT2D eigenvalue weighted by molar-refractivity contribution is 5.77. The smallest absolute Gasteiger partial charge is 0.246 e. The summed E-state index contributed by atoms with van der Waals surface area (Å²) in [6, 6.07) is 0. The Bertz CT molecular complexity index is 396. The van der Waals surface area contributed by atoms with E-state index in [1.54, 1.807) is 6.92 Å². The Balaban J connectivity index is 2.06. The lowest BCUT2D eigenvalue weighted by molar-refractivity contribution is -0.282. The summed E-state index contributed by atoms with van der Waals surface area (Å²) in [6.07, 6.45) is -1.32. The lowest BCUT2D eigenvalue weighted by Gasteiger charge is -2.40. The molecule has 160 valence electrons. The van der Waals surface area contributed by atoms with Gasteiger partial charge in [0.25, 0.3) is 0 Å². The molecule has 0 aliphatic carbocycles. The molecule has 0 aromatic heterocycles. The molecule has 27 heavy (non-hydrogen) atoms. The minimum absolute atomic E-state index is 0.115. The first kappa shape index (κ1) is 24.2. The van der Waals surface area contributed by atoms with Crippen LogP contribution in [-0.4, -0.2) is 94.0 Å². The minimum atomic E-state index is -1.11. The van der Waals surface area contributed by atoms with Crippen molar-refractivity contribution >= 4 is 5.91 Å². The van der Waals surface area contributed by atoms with Gasteiger partial charge in [0.05, 0.1) is 38.6 Å². The summed E-state index contributed by atoms with van der Waals surface area (Å²) >= 11 is 0. The molecule has 1 rings (SSSR count). The molecule has 0 radical (unpaired) electrons. The highest BCUT2D eigenvalue weighted by Gasteiger charge is 2.42. The number of amides is 1. The monoisotopic (exact) mass is 393 g/mol. The van der Waals surface area contributed by atoms with Crippen molar-refractivity contribution < 1.29 is 38.7 Å². The maximum Gasteiger partial charge on any atom is 0.246 e. The Morgan fingerprint density at radius 2 is 1.78 bits per heavy atom. The fourth-order valence-electron chi connectivity index (χ4n) is 2.60. The minimum Gasteiger partial charge on any atom is -0.390 e. The third-order valence-electron chi connectivity index (χ3n) is 4.39. The van der Waals surface area contributed by atoms with Crippen LogP contribution in [0.5, 0.6) is 0 Å². The van der Waals surface area contributed by atoms with Crippen molar-refractivity contribution in [3.05, 3.63) is 0 Å². The first-order valence-electron chi connectivity index (χ1n) is 9.55. The van der Waals surface area contributed by atoms with Gasteiger partial charge in [-0.25, -0.2) is 0 Å². The van der Waals surface area contributed by atoms with Gasteiger partial charge in [0.1, 0.15) is 12.7 Å². The van der Waals surface area contributed by atoms with E-state index in [2.05, 4.69) is 12.2 Å². The first-order valence-corrected chi connectivity index (χ1v) is 9.55. The molecule has 2 unspecified atom stereocenters. The summed E-state index contributed by atoms with van der Waals surface area (Å²) in [6.45, 7) is 6.46. The quantitative estimate of drug-likeness (QED) is 0.344. The molecule has 5 atom stereocenters. The van der Waals surface area contributed by atoms with Crippen molar-refractivity contribution in [1.82, 2.24) is 5.32 Å². The number of aliphatic hydroxyl groups excluding tert-OH is 2. The maximum absolute atomic E-state index is 11.7. The zero-order chi connectivity index (χ0) is 20.1. The van der Waals surface area contributed by atoms with Crippen LogP contribution in [0.1, 0.15) is 26.7 Å². The molecule has 1 amide bonds. The van der Waals surface area contributed by atoms with Gasteiger partial charge in [-0.2, -0.15) is 0 Å². The van der Waals surface area contributed by atoms with E-state index in [0.29, 0.717) is 26.4 Å². The number of hydrogen-bond donors (Lipinski definition) is 3. The van der Waals surface area contributed by atoms with Crippen molar-refractivity contribution in [2.75, 3.05) is 53.3 Å². The SMILES string of the molecule is CCCCOCCOCCNC(=O)COCC1O[C@@H](OC)C(O)[C@@H](O)[C@@H]1C. The van der Waals surface area contributed by atoms with Gasteiger partial charge in [-0.1, -0.05) is 20.3 Å². The van der Waals surface area contributed by atoms with Gasteiger partial charge < -0.3 is 39.2 Å². The summed E-state index contributed by atoms with van der Waals surface area (Å²) in [5.74, 6) is -0.604. The predicted molar refractivity (Wildman–Crippen MR) is 97.2 cm³/mol. The predicted octanol–water partition coefficient (Wildman–Crippen LogP) is -0.318. The first-order chi connectivity index (χ1) is 13.0. The standard InChI is InChI=1S/C18H35NO8/c1-4-5-7-24-9-10-25-8-6-19-15(20)12-26-11-14-13(2)16(21)17(22)18(23-3)27-14/h13-14,16-18,21-22H,4-12H2,1-3H3,(H,19,20)/t13-,14?,16+,17?,18-/m1/s1. The molecule has 1 heterocycles. The molecular formula is C18H35NO8. The van der Waals surface area contributed by atoms with Crippen LogP contribution in [0.4, 0.5) is 0 Å². The number of carbonyl (C=O) groups is 1. The van der Waals surface area contributed by atoms with Gasteiger partial charge in [0.2, 0.25) is 5.91 Å². The number of hydrogen-bond acceptors (Lipinski definition) is 8. The maximum atomic E-state index is 11.7. The molecule has 1 aliphatic heterocycles. The topological polar surface area (TPSA) is 116 Å². The van der Waals surface area contributed by atoms with Gasteiger partial charge in [-0.15, -0.1) is 0 Å². The van der Waals surface area contributed by atoms with Gasteiger partial charge in [-0.05, 0) is 6.42 Å². The molecule has 0 aromatic carbocycles. The second-order valence-corrected chi connectivity index (χ2v) is 6.56. The zero-order valence-corrected chi connectivity index (χ0v) is 16.6. The molecule has 0 aromatic rings. The summed E-state index contributed by atoms with van der Waals surface area (Å²) < 4.78 is 26.6. The Morgan fingerprint density at radius 3 is 2.44 bits per heavy atom. The Labute approximate surface area is 161 Å². The third-order valence-corrected chi connectivity index (χ3v) is 4.39. The van der Waals surface area contributed by atoms with E-state index in [1.807, 2.05) is 0 Å². The molecule has 0 bridgehead atoms. The second-order valence-electron chi connectivity index (χ2n) is 6.56. The van der Waals surface area contributed by atoms with E-state index in [-0.39, 0.29) is 25.0 Å². The van der Waals surface area contributed by atoms with E-state index in [4.69, 9.17) is 23.7 Å². The van der Waals surface area contributed by atoms with Crippen LogP contribution in [-0.2, 0) is 28.5 Å². The highest BCUT2D eigenvalue weighted by atomic mass is 16.7. The van der Waals surface area contributed by atoms with E-state index >= 15 is 0 Å². The third kappa shape index (κ3) is 9.29. The van der Waals surface area contributed by atoms with Gasteiger partial charge in [0, 0.05) is 26.2 Å². The van der Waals surface area contributed by atoms with Crippen LogP contribution in [0, 0.1) is 5.92 Å². The number of nitrogens with one attached hydrogen (secondary N) is 1. The average Bonchev–Trinajstić information content (AvgIpc) is 2.66. The lowest BCUT2D eigenvalue weighted by Crippen LogP contribution is -2.55. The Hall–Kier alpha value is -0.810. The number of methoxy groups -OCH3 is 1. The summed E-state index contributed by atoms with van der Waals surface area (Å²) in [5, 5.41) is 22.5. The van der Waals surface area contributed by atoms with Crippen LogP contribution in [0.25, 0.3) is 0 Å². The van der Waals surface area contributed by atoms with Gasteiger partial charge >= 0.3 is 0 Å². The molecule has 9 heteroatoms. The fraction of sp³-hybridized carbons (Fsp3) is 0.944. The van der Waals surface area contributed by atoms with Crippen LogP contribution >= 0.6 is 0 Å². The normalized spacial score (nSPS) is 28.3. The second kappa shape index (κ2) is 14.2. The molecule has 9 nitrogen and oxygen atoms in total. The molecular weight excluding hydrogens is 358 g/mol. The van der Waals surface area contributed by atoms with E-state index in [1.165, 1.54) is 7.11 Å².